The Balaban J connectivity index is 2.25. The van der Waals surface area contributed by atoms with Crippen LogP contribution in [0.5, 0.6) is 0 Å². The molecule has 2 aromatic rings. The average molecular weight is 438 g/mol. The number of aryl methyl sites for hydroxylation is 1. The summed E-state index contributed by atoms with van der Waals surface area (Å²) in [6.07, 6.45) is -1.87. The maximum atomic E-state index is 13.1. The SMILES string of the molecule is COCC(C)(C)NC(=O)c1nccnc1C(C)NC(=O)c1cc(C)cc(C(F)(F)F)c1. The van der Waals surface area contributed by atoms with Crippen molar-refractivity contribution in [2.24, 2.45) is 0 Å². The van der Waals surface area contributed by atoms with Crippen LogP contribution in [-0.4, -0.2) is 41.0 Å². The lowest BCUT2D eigenvalue weighted by atomic mass is 10.0. The van der Waals surface area contributed by atoms with E-state index in [9.17, 15) is 22.8 Å². The topological polar surface area (TPSA) is 93.2 Å². The molecule has 0 fully saturated rings. The van der Waals surface area contributed by atoms with Crippen LogP contribution in [0.25, 0.3) is 0 Å². The minimum Gasteiger partial charge on any atom is -0.382 e. The van der Waals surface area contributed by atoms with Crippen LogP contribution in [0.15, 0.2) is 30.6 Å². The summed E-state index contributed by atoms with van der Waals surface area (Å²) in [5.74, 6) is -1.24. The Labute approximate surface area is 178 Å². The maximum absolute atomic E-state index is 13.1. The Morgan fingerprint density at radius 2 is 1.74 bits per heavy atom. The van der Waals surface area contributed by atoms with Gasteiger partial charge in [-0.25, -0.2) is 4.98 Å². The monoisotopic (exact) mass is 438 g/mol. The van der Waals surface area contributed by atoms with Crippen LogP contribution < -0.4 is 10.6 Å². The molecule has 2 rings (SSSR count). The molecule has 0 aliphatic carbocycles. The molecule has 0 aliphatic heterocycles. The number of amides is 2. The van der Waals surface area contributed by atoms with E-state index in [2.05, 4.69) is 20.6 Å². The molecule has 31 heavy (non-hydrogen) atoms. The second-order valence-electron chi connectivity index (χ2n) is 7.84. The highest BCUT2D eigenvalue weighted by Crippen LogP contribution is 2.30. The molecule has 1 heterocycles. The Hall–Kier alpha value is -3.01. The third-order valence-corrected chi connectivity index (χ3v) is 4.32. The summed E-state index contributed by atoms with van der Waals surface area (Å²) >= 11 is 0. The number of carbonyl (C=O) groups is 2. The van der Waals surface area contributed by atoms with Gasteiger partial charge in [-0.2, -0.15) is 13.2 Å². The summed E-state index contributed by atoms with van der Waals surface area (Å²) in [7, 11) is 1.51. The zero-order chi connectivity index (χ0) is 23.4. The van der Waals surface area contributed by atoms with E-state index in [0.29, 0.717) is 5.56 Å². The van der Waals surface area contributed by atoms with Gasteiger partial charge in [0.2, 0.25) is 0 Å². The minimum atomic E-state index is -4.57. The number of hydrogen-bond donors (Lipinski definition) is 2. The first-order chi connectivity index (χ1) is 14.3. The molecule has 0 saturated heterocycles. The molecule has 2 N–H and O–H groups in total. The highest BCUT2D eigenvalue weighted by molar-refractivity contribution is 5.96. The maximum Gasteiger partial charge on any atom is 0.416 e. The van der Waals surface area contributed by atoms with E-state index < -0.39 is 35.1 Å². The molecule has 2 amide bonds. The largest absolute Gasteiger partial charge is 0.416 e. The third kappa shape index (κ3) is 6.48. The fraction of sp³-hybridized carbons (Fsp3) is 0.429. The van der Waals surface area contributed by atoms with Crippen LogP contribution in [-0.2, 0) is 10.9 Å². The van der Waals surface area contributed by atoms with Crippen molar-refractivity contribution in [1.29, 1.82) is 0 Å². The number of alkyl halides is 3. The van der Waals surface area contributed by atoms with Crippen LogP contribution >= 0.6 is 0 Å². The van der Waals surface area contributed by atoms with E-state index >= 15 is 0 Å². The number of nitrogens with one attached hydrogen (secondary N) is 2. The van der Waals surface area contributed by atoms with Crippen molar-refractivity contribution in [3.63, 3.8) is 0 Å². The zero-order valence-corrected chi connectivity index (χ0v) is 17.9. The zero-order valence-electron chi connectivity index (χ0n) is 17.9. The van der Waals surface area contributed by atoms with Crippen LogP contribution in [0.2, 0.25) is 0 Å². The Kier molecular flexibility index (Phi) is 7.37. The van der Waals surface area contributed by atoms with Crippen LogP contribution in [0.4, 0.5) is 13.2 Å². The smallest absolute Gasteiger partial charge is 0.382 e. The molecule has 1 atom stereocenters. The Morgan fingerprint density at radius 3 is 2.35 bits per heavy atom. The molecule has 0 saturated carbocycles. The summed E-state index contributed by atoms with van der Waals surface area (Å²) in [5.41, 5.74) is -1.25. The number of halogens is 3. The normalized spacial score (nSPS) is 12.9. The summed E-state index contributed by atoms with van der Waals surface area (Å²) in [6, 6.07) is 2.32. The number of ether oxygens (including phenoxy) is 1. The first kappa shape index (κ1) is 24.3. The van der Waals surface area contributed by atoms with Gasteiger partial charge < -0.3 is 15.4 Å². The molecule has 10 heteroatoms. The number of hydrogen-bond acceptors (Lipinski definition) is 5. The average Bonchev–Trinajstić information content (AvgIpc) is 2.66. The van der Waals surface area contributed by atoms with E-state index in [1.165, 1.54) is 32.5 Å². The lowest BCUT2D eigenvalue weighted by Gasteiger charge is -2.25. The predicted octanol–water partition coefficient (Wildman–Crippen LogP) is 3.45. The molecule has 0 aliphatic rings. The van der Waals surface area contributed by atoms with Crippen molar-refractivity contribution >= 4 is 11.8 Å². The molecular weight excluding hydrogens is 413 g/mol. The van der Waals surface area contributed by atoms with Gasteiger partial charge >= 0.3 is 6.18 Å². The quantitative estimate of drug-likeness (QED) is 0.691. The molecule has 168 valence electrons. The first-order valence-corrected chi connectivity index (χ1v) is 9.46. The molecule has 0 spiro atoms. The van der Waals surface area contributed by atoms with Crippen molar-refractivity contribution in [1.82, 2.24) is 20.6 Å². The third-order valence-electron chi connectivity index (χ3n) is 4.32. The van der Waals surface area contributed by atoms with Crippen LogP contribution in [0.1, 0.15) is 64.5 Å². The van der Waals surface area contributed by atoms with Gasteiger partial charge in [-0.15, -0.1) is 0 Å². The minimum absolute atomic E-state index is 0.000277. The Bertz CT molecular complexity index is 961. The number of rotatable bonds is 7. The molecule has 7 nitrogen and oxygen atoms in total. The number of carbonyl (C=O) groups excluding carboxylic acids is 2. The summed E-state index contributed by atoms with van der Waals surface area (Å²) < 4.78 is 44.3. The van der Waals surface area contributed by atoms with Gasteiger partial charge in [0.1, 0.15) is 0 Å². The second-order valence-corrected chi connectivity index (χ2v) is 7.84. The molecule has 1 aromatic carbocycles. The fourth-order valence-corrected chi connectivity index (χ4v) is 3.03. The predicted molar refractivity (Wildman–Crippen MR) is 108 cm³/mol. The van der Waals surface area contributed by atoms with Crippen molar-refractivity contribution < 1.29 is 27.5 Å². The van der Waals surface area contributed by atoms with E-state index in [1.54, 1.807) is 20.8 Å². The first-order valence-electron chi connectivity index (χ1n) is 9.46. The van der Waals surface area contributed by atoms with E-state index in [-0.39, 0.29) is 23.6 Å². The van der Waals surface area contributed by atoms with Gasteiger partial charge in [0, 0.05) is 25.1 Å². The van der Waals surface area contributed by atoms with Gasteiger partial charge in [-0.1, -0.05) is 0 Å². The van der Waals surface area contributed by atoms with Gasteiger partial charge in [-0.05, 0) is 51.5 Å². The summed E-state index contributed by atoms with van der Waals surface area (Å²) in [4.78, 5) is 33.5. The number of benzene rings is 1. The van der Waals surface area contributed by atoms with E-state index in [1.807, 2.05) is 0 Å². The standard InChI is InChI=1S/C21H25F3N4O3/c1-12-8-14(10-15(9-12)21(22,23)24)18(29)27-13(2)16-17(26-7-6-25-16)19(30)28-20(3,4)11-31-5/h6-10,13H,11H2,1-5H3,(H,27,29)(H,28,30). The number of aromatic nitrogens is 2. The van der Waals surface area contributed by atoms with E-state index in [0.717, 1.165) is 12.1 Å². The number of nitrogens with zero attached hydrogens (tertiary/aromatic N) is 2. The molecule has 0 bridgehead atoms. The van der Waals surface area contributed by atoms with Crippen molar-refractivity contribution in [3.8, 4) is 0 Å². The Morgan fingerprint density at radius 1 is 1.10 bits per heavy atom. The van der Waals surface area contributed by atoms with Gasteiger partial charge in [-0.3, -0.25) is 14.6 Å². The molecule has 0 radical (unpaired) electrons. The van der Waals surface area contributed by atoms with Gasteiger partial charge in [0.25, 0.3) is 11.8 Å². The highest BCUT2D eigenvalue weighted by atomic mass is 19.4. The van der Waals surface area contributed by atoms with E-state index in [4.69, 9.17) is 4.74 Å². The lowest BCUT2D eigenvalue weighted by molar-refractivity contribution is -0.137. The van der Waals surface area contributed by atoms with Crippen molar-refractivity contribution in [2.75, 3.05) is 13.7 Å². The van der Waals surface area contributed by atoms with Crippen molar-refractivity contribution in [3.05, 3.63) is 58.7 Å². The van der Waals surface area contributed by atoms with Gasteiger partial charge in [0.15, 0.2) is 5.69 Å². The lowest BCUT2D eigenvalue weighted by Crippen LogP contribution is -2.47. The van der Waals surface area contributed by atoms with Gasteiger partial charge in [0.05, 0.1) is 29.4 Å². The van der Waals surface area contributed by atoms with Crippen LogP contribution in [0, 0.1) is 6.92 Å². The highest BCUT2D eigenvalue weighted by Gasteiger charge is 2.32. The van der Waals surface area contributed by atoms with Crippen LogP contribution in [0.3, 0.4) is 0 Å². The fourth-order valence-electron chi connectivity index (χ4n) is 3.03. The molecular formula is C21H25F3N4O3. The number of methoxy groups -OCH3 is 1. The van der Waals surface area contributed by atoms with Crippen molar-refractivity contribution in [2.45, 2.75) is 45.5 Å². The molecule has 1 unspecified atom stereocenters. The summed E-state index contributed by atoms with van der Waals surface area (Å²) in [5, 5.41) is 5.37. The second kappa shape index (κ2) is 9.42. The summed E-state index contributed by atoms with van der Waals surface area (Å²) in [6.45, 7) is 6.84. The molecule has 1 aromatic heterocycles.